The maximum atomic E-state index is 13.4. The molecule has 0 bridgehead atoms. The van der Waals surface area contributed by atoms with Crippen LogP contribution in [0.2, 0.25) is 0 Å². The van der Waals surface area contributed by atoms with Gasteiger partial charge in [-0.05, 0) is 35.9 Å². The van der Waals surface area contributed by atoms with E-state index in [0.717, 1.165) is 5.56 Å². The number of aliphatic hydroxyl groups is 1. The monoisotopic (exact) mass is 415 g/mol. The number of aliphatic hydroxyl groups excluding tert-OH is 1. The molecule has 8 heteroatoms. The minimum atomic E-state index is -0.557. The van der Waals surface area contributed by atoms with E-state index in [4.69, 9.17) is 23.7 Å². The van der Waals surface area contributed by atoms with Gasteiger partial charge in [0.1, 0.15) is 19.3 Å². The van der Waals surface area contributed by atoms with E-state index in [0.29, 0.717) is 54.9 Å². The summed E-state index contributed by atoms with van der Waals surface area (Å²) in [6, 6.07) is 10.1. The van der Waals surface area contributed by atoms with Crippen LogP contribution in [0.5, 0.6) is 23.0 Å². The van der Waals surface area contributed by atoms with Gasteiger partial charge in [-0.1, -0.05) is 6.07 Å². The van der Waals surface area contributed by atoms with E-state index in [1.807, 2.05) is 12.1 Å². The van der Waals surface area contributed by atoms with Gasteiger partial charge in [-0.2, -0.15) is 0 Å². The van der Waals surface area contributed by atoms with Crippen LogP contribution in [-0.4, -0.2) is 69.2 Å². The zero-order valence-electron chi connectivity index (χ0n) is 17.0. The maximum absolute atomic E-state index is 13.4. The summed E-state index contributed by atoms with van der Waals surface area (Å²) in [6.07, 6.45) is -0.557. The fourth-order valence-corrected chi connectivity index (χ4v) is 3.89. The van der Waals surface area contributed by atoms with Crippen molar-refractivity contribution >= 4 is 5.91 Å². The Morgan fingerprint density at radius 2 is 1.80 bits per heavy atom. The topological polar surface area (TPSA) is 86.7 Å². The van der Waals surface area contributed by atoms with E-state index in [1.165, 1.54) is 0 Å². The number of fused-ring (bicyclic) bond motifs is 1. The highest BCUT2D eigenvalue weighted by Gasteiger charge is 2.37. The number of benzene rings is 2. The Kier molecular flexibility index (Phi) is 5.96. The summed E-state index contributed by atoms with van der Waals surface area (Å²) in [5, 5.41) is 9.92. The van der Waals surface area contributed by atoms with E-state index in [2.05, 4.69) is 0 Å². The van der Waals surface area contributed by atoms with Crippen LogP contribution in [0.1, 0.15) is 22.0 Å². The zero-order chi connectivity index (χ0) is 21.1. The molecule has 2 atom stereocenters. The molecule has 0 radical (unpaired) electrons. The number of morpholine rings is 1. The summed E-state index contributed by atoms with van der Waals surface area (Å²) in [5.41, 5.74) is 1.28. The van der Waals surface area contributed by atoms with Crippen LogP contribution in [0.15, 0.2) is 36.4 Å². The van der Waals surface area contributed by atoms with E-state index < -0.39 is 12.1 Å². The third-order valence-electron chi connectivity index (χ3n) is 5.33. The number of nitrogens with zero attached hydrogens (tertiary/aromatic N) is 1. The molecule has 0 aromatic heterocycles. The van der Waals surface area contributed by atoms with Crippen LogP contribution in [0.3, 0.4) is 0 Å². The van der Waals surface area contributed by atoms with Crippen molar-refractivity contribution in [3.8, 4) is 23.0 Å². The Morgan fingerprint density at radius 3 is 2.53 bits per heavy atom. The van der Waals surface area contributed by atoms with Crippen LogP contribution < -0.4 is 18.9 Å². The van der Waals surface area contributed by atoms with Crippen molar-refractivity contribution in [2.45, 2.75) is 12.1 Å². The molecule has 0 unspecified atom stereocenters. The summed E-state index contributed by atoms with van der Waals surface area (Å²) in [5.74, 6) is 2.15. The molecule has 2 aliphatic heterocycles. The minimum absolute atomic E-state index is 0.173. The first kappa shape index (κ1) is 20.3. The van der Waals surface area contributed by atoms with E-state index >= 15 is 0 Å². The van der Waals surface area contributed by atoms with Gasteiger partial charge in [0.15, 0.2) is 23.0 Å². The summed E-state index contributed by atoms with van der Waals surface area (Å²) in [4.78, 5) is 15.2. The van der Waals surface area contributed by atoms with Crippen molar-refractivity contribution in [3.05, 3.63) is 47.5 Å². The average molecular weight is 415 g/mol. The smallest absolute Gasteiger partial charge is 0.254 e. The second-order valence-electron chi connectivity index (χ2n) is 7.01. The summed E-state index contributed by atoms with van der Waals surface area (Å²) in [7, 11) is 3.12. The van der Waals surface area contributed by atoms with Gasteiger partial charge in [0.25, 0.3) is 5.91 Å². The molecule has 8 nitrogen and oxygen atoms in total. The summed E-state index contributed by atoms with van der Waals surface area (Å²) in [6.45, 7) is 1.45. The van der Waals surface area contributed by atoms with Gasteiger partial charge in [-0.3, -0.25) is 4.79 Å². The molecule has 4 rings (SSSR count). The molecule has 0 saturated carbocycles. The first-order chi connectivity index (χ1) is 14.7. The Balaban J connectivity index is 1.69. The van der Waals surface area contributed by atoms with E-state index in [9.17, 15) is 9.90 Å². The Morgan fingerprint density at radius 1 is 1.03 bits per heavy atom. The highest BCUT2D eigenvalue weighted by Crippen LogP contribution is 2.37. The van der Waals surface area contributed by atoms with E-state index in [1.54, 1.807) is 43.4 Å². The SMILES string of the molecule is COc1ccc([C@@H]2[C@@H](CO)OCCN2C(=O)c2ccc3c(c2)OCCO3)cc1OC. The van der Waals surface area contributed by atoms with Gasteiger partial charge in [0.2, 0.25) is 0 Å². The molecule has 2 aliphatic rings. The zero-order valence-corrected chi connectivity index (χ0v) is 17.0. The van der Waals surface area contributed by atoms with Crippen molar-refractivity contribution in [2.24, 2.45) is 0 Å². The molecule has 2 aromatic rings. The van der Waals surface area contributed by atoms with Crippen LogP contribution >= 0.6 is 0 Å². The molecular formula is C22H25NO7. The number of rotatable bonds is 5. The van der Waals surface area contributed by atoms with Crippen molar-refractivity contribution in [3.63, 3.8) is 0 Å². The largest absolute Gasteiger partial charge is 0.493 e. The molecule has 2 heterocycles. The number of amides is 1. The molecule has 1 N–H and O–H groups in total. The summed E-state index contributed by atoms with van der Waals surface area (Å²) >= 11 is 0. The second-order valence-corrected chi connectivity index (χ2v) is 7.01. The molecule has 0 spiro atoms. The molecule has 160 valence electrons. The third kappa shape index (κ3) is 3.76. The number of carbonyl (C=O) groups is 1. The number of hydrogen-bond donors (Lipinski definition) is 1. The normalized spacial score (nSPS) is 20.6. The fraction of sp³-hybridized carbons (Fsp3) is 0.409. The lowest BCUT2D eigenvalue weighted by Gasteiger charge is -2.41. The molecule has 1 saturated heterocycles. The van der Waals surface area contributed by atoms with Gasteiger partial charge >= 0.3 is 0 Å². The molecular weight excluding hydrogens is 390 g/mol. The maximum Gasteiger partial charge on any atom is 0.254 e. The van der Waals surface area contributed by atoms with Gasteiger partial charge in [-0.25, -0.2) is 0 Å². The number of ether oxygens (including phenoxy) is 5. The van der Waals surface area contributed by atoms with Gasteiger partial charge in [-0.15, -0.1) is 0 Å². The lowest BCUT2D eigenvalue weighted by atomic mass is 9.96. The molecule has 0 aliphatic carbocycles. The fourth-order valence-electron chi connectivity index (χ4n) is 3.89. The lowest BCUT2D eigenvalue weighted by molar-refractivity contribution is -0.0811. The number of carbonyl (C=O) groups excluding carboxylic acids is 1. The Bertz CT molecular complexity index is 916. The quantitative estimate of drug-likeness (QED) is 0.800. The number of hydrogen-bond acceptors (Lipinski definition) is 7. The first-order valence-corrected chi connectivity index (χ1v) is 9.81. The van der Waals surface area contributed by atoms with E-state index in [-0.39, 0.29) is 12.5 Å². The highest BCUT2D eigenvalue weighted by atomic mass is 16.6. The predicted molar refractivity (Wildman–Crippen MR) is 108 cm³/mol. The average Bonchev–Trinajstić information content (AvgIpc) is 2.82. The lowest BCUT2D eigenvalue weighted by Crippen LogP contribution is -2.49. The van der Waals surface area contributed by atoms with Crippen molar-refractivity contribution in [1.82, 2.24) is 4.90 Å². The van der Waals surface area contributed by atoms with Crippen LogP contribution in [0.4, 0.5) is 0 Å². The van der Waals surface area contributed by atoms with Gasteiger partial charge < -0.3 is 33.7 Å². The second kappa shape index (κ2) is 8.81. The van der Waals surface area contributed by atoms with Crippen molar-refractivity contribution in [1.29, 1.82) is 0 Å². The summed E-state index contributed by atoms with van der Waals surface area (Å²) < 4.78 is 27.7. The Labute approximate surface area is 174 Å². The molecule has 30 heavy (non-hydrogen) atoms. The van der Waals surface area contributed by atoms with Crippen molar-refractivity contribution in [2.75, 3.05) is 47.2 Å². The highest BCUT2D eigenvalue weighted by molar-refractivity contribution is 5.95. The van der Waals surface area contributed by atoms with Crippen LogP contribution in [0, 0.1) is 0 Å². The number of methoxy groups -OCH3 is 2. The van der Waals surface area contributed by atoms with Crippen molar-refractivity contribution < 1.29 is 33.6 Å². The van der Waals surface area contributed by atoms with Crippen LogP contribution in [0.25, 0.3) is 0 Å². The predicted octanol–water partition coefficient (Wildman–Crippen LogP) is 2.05. The molecule has 1 amide bonds. The Hall–Kier alpha value is -2.97. The molecule has 1 fully saturated rings. The standard InChI is InChI=1S/C22H25NO7/c1-26-16-5-3-14(11-18(16)27-2)21-20(13-24)28-8-7-23(21)22(25)15-4-6-17-19(12-15)30-10-9-29-17/h3-6,11-12,20-21,24H,7-10,13H2,1-2H3/t20-,21-/m1/s1. The minimum Gasteiger partial charge on any atom is -0.493 e. The first-order valence-electron chi connectivity index (χ1n) is 9.81. The van der Waals surface area contributed by atoms with Crippen LogP contribution in [-0.2, 0) is 4.74 Å². The third-order valence-corrected chi connectivity index (χ3v) is 5.33. The van der Waals surface area contributed by atoms with Gasteiger partial charge in [0, 0.05) is 12.1 Å². The van der Waals surface area contributed by atoms with Gasteiger partial charge in [0.05, 0.1) is 33.5 Å². The molecule has 2 aromatic carbocycles.